The Morgan fingerprint density at radius 3 is 2.94 bits per heavy atom. The molecule has 3 heteroatoms. The number of piperidine rings is 1. The van der Waals surface area contributed by atoms with Crippen LogP contribution in [0.5, 0.6) is 0 Å². The van der Waals surface area contributed by atoms with Crippen molar-refractivity contribution in [3.05, 3.63) is 30.1 Å². The third-order valence-electron chi connectivity index (χ3n) is 3.30. The zero-order valence-electron chi connectivity index (χ0n) is 9.68. The molecule has 0 amide bonds. The molecule has 1 saturated heterocycles. The quantitative estimate of drug-likeness (QED) is 0.838. The predicted molar refractivity (Wildman–Crippen MR) is 63.9 cm³/mol. The summed E-state index contributed by atoms with van der Waals surface area (Å²) < 4.78 is 0. The van der Waals surface area contributed by atoms with Crippen molar-refractivity contribution in [1.82, 2.24) is 9.88 Å². The van der Waals surface area contributed by atoms with Gasteiger partial charge in [-0.05, 0) is 49.4 Å². The molecular formula is C13H20N2O. The summed E-state index contributed by atoms with van der Waals surface area (Å²) >= 11 is 0. The van der Waals surface area contributed by atoms with Gasteiger partial charge in [-0.1, -0.05) is 0 Å². The number of likely N-dealkylation sites (tertiary alicyclic amines) is 1. The van der Waals surface area contributed by atoms with Gasteiger partial charge in [-0.3, -0.25) is 9.88 Å². The molecule has 0 radical (unpaired) electrons. The van der Waals surface area contributed by atoms with Crippen molar-refractivity contribution in [3.63, 3.8) is 0 Å². The molecule has 1 fully saturated rings. The molecule has 0 aromatic carbocycles. The van der Waals surface area contributed by atoms with Crippen LogP contribution in [0.2, 0.25) is 0 Å². The Morgan fingerprint density at radius 2 is 2.19 bits per heavy atom. The number of nitrogens with zero attached hydrogens (tertiary/aromatic N) is 2. The van der Waals surface area contributed by atoms with Crippen LogP contribution in [0, 0.1) is 5.92 Å². The van der Waals surface area contributed by atoms with E-state index in [1.807, 2.05) is 12.4 Å². The van der Waals surface area contributed by atoms with Gasteiger partial charge in [0.15, 0.2) is 0 Å². The second-order valence-electron chi connectivity index (χ2n) is 4.61. The van der Waals surface area contributed by atoms with Crippen molar-refractivity contribution < 1.29 is 5.11 Å². The molecule has 2 heterocycles. The van der Waals surface area contributed by atoms with Crippen LogP contribution in [0.4, 0.5) is 0 Å². The second-order valence-corrected chi connectivity index (χ2v) is 4.61. The van der Waals surface area contributed by atoms with Crippen LogP contribution in [0.1, 0.15) is 24.8 Å². The van der Waals surface area contributed by atoms with Gasteiger partial charge in [-0.2, -0.15) is 0 Å². The van der Waals surface area contributed by atoms with Crippen molar-refractivity contribution in [2.45, 2.75) is 25.8 Å². The Kier molecular flexibility index (Phi) is 4.31. The first kappa shape index (κ1) is 11.6. The average Bonchev–Trinajstić information content (AvgIpc) is 2.31. The minimum Gasteiger partial charge on any atom is -0.396 e. The molecular weight excluding hydrogens is 200 g/mol. The van der Waals surface area contributed by atoms with Crippen LogP contribution in [0.3, 0.4) is 0 Å². The van der Waals surface area contributed by atoms with Crippen molar-refractivity contribution in [2.24, 2.45) is 5.92 Å². The van der Waals surface area contributed by atoms with E-state index in [0.29, 0.717) is 12.5 Å². The highest BCUT2D eigenvalue weighted by molar-refractivity contribution is 5.09. The van der Waals surface area contributed by atoms with E-state index in [0.717, 1.165) is 19.5 Å². The van der Waals surface area contributed by atoms with Gasteiger partial charge in [0, 0.05) is 32.1 Å². The lowest BCUT2D eigenvalue weighted by Crippen LogP contribution is -2.35. The molecule has 1 unspecified atom stereocenters. The van der Waals surface area contributed by atoms with Gasteiger partial charge in [-0.15, -0.1) is 0 Å². The summed E-state index contributed by atoms with van der Waals surface area (Å²) in [6.07, 6.45) is 7.19. The van der Waals surface area contributed by atoms with Gasteiger partial charge in [0.2, 0.25) is 0 Å². The Balaban J connectivity index is 1.85. The van der Waals surface area contributed by atoms with Crippen LogP contribution in [0.15, 0.2) is 24.5 Å². The lowest BCUT2D eigenvalue weighted by atomic mass is 9.95. The van der Waals surface area contributed by atoms with Crippen molar-refractivity contribution in [3.8, 4) is 0 Å². The fourth-order valence-electron chi connectivity index (χ4n) is 2.46. The van der Waals surface area contributed by atoms with Crippen LogP contribution in [-0.2, 0) is 6.54 Å². The van der Waals surface area contributed by atoms with E-state index >= 15 is 0 Å². The summed E-state index contributed by atoms with van der Waals surface area (Å²) in [4.78, 5) is 6.52. The first-order valence-corrected chi connectivity index (χ1v) is 6.10. The summed E-state index contributed by atoms with van der Waals surface area (Å²) in [6.45, 7) is 3.66. The SMILES string of the molecule is OCCC1CCCN(Cc2ccncc2)C1. The maximum absolute atomic E-state index is 8.97. The van der Waals surface area contributed by atoms with Gasteiger partial charge in [-0.25, -0.2) is 0 Å². The number of aliphatic hydroxyl groups excluding tert-OH is 1. The lowest BCUT2D eigenvalue weighted by molar-refractivity contribution is 0.142. The zero-order chi connectivity index (χ0) is 11.2. The zero-order valence-corrected chi connectivity index (χ0v) is 9.68. The number of hydrogen-bond donors (Lipinski definition) is 1. The minimum absolute atomic E-state index is 0.327. The minimum atomic E-state index is 0.327. The van der Waals surface area contributed by atoms with Gasteiger partial charge >= 0.3 is 0 Å². The standard InChI is InChI=1S/C13H20N2O/c16-9-5-12-2-1-8-15(10-12)11-13-3-6-14-7-4-13/h3-4,6-7,12,16H,1-2,5,8-11H2. The molecule has 0 spiro atoms. The van der Waals surface area contributed by atoms with Gasteiger partial charge < -0.3 is 5.11 Å². The highest BCUT2D eigenvalue weighted by Gasteiger charge is 2.19. The summed E-state index contributed by atoms with van der Waals surface area (Å²) in [5.74, 6) is 0.681. The second kappa shape index (κ2) is 5.97. The van der Waals surface area contributed by atoms with E-state index in [1.165, 1.54) is 24.9 Å². The number of aliphatic hydroxyl groups is 1. The fraction of sp³-hybridized carbons (Fsp3) is 0.615. The summed E-state index contributed by atoms with van der Waals surface area (Å²) in [5.41, 5.74) is 1.33. The van der Waals surface area contributed by atoms with E-state index in [-0.39, 0.29) is 0 Å². The highest BCUT2D eigenvalue weighted by Crippen LogP contribution is 2.20. The number of hydrogen-bond acceptors (Lipinski definition) is 3. The summed E-state index contributed by atoms with van der Waals surface area (Å²) in [5, 5.41) is 8.97. The van der Waals surface area contributed by atoms with Crippen LogP contribution < -0.4 is 0 Å². The fourth-order valence-corrected chi connectivity index (χ4v) is 2.46. The van der Waals surface area contributed by atoms with Crippen LogP contribution in [0.25, 0.3) is 0 Å². The molecule has 1 aliphatic rings. The monoisotopic (exact) mass is 220 g/mol. The maximum Gasteiger partial charge on any atom is 0.0434 e. The van der Waals surface area contributed by atoms with Crippen LogP contribution >= 0.6 is 0 Å². The highest BCUT2D eigenvalue weighted by atomic mass is 16.3. The normalized spacial score (nSPS) is 22.2. The van der Waals surface area contributed by atoms with E-state index < -0.39 is 0 Å². The van der Waals surface area contributed by atoms with E-state index in [1.54, 1.807) is 0 Å². The molecule has 1 N–H and O–H groups in total. The Morgan fingerprint density at radius 1 is 1.38 bits per heavy atom. The molecule has 1 aromatic rings. The molecule has 16 heavy (non-hydrogen) atoms. The number of aromatic nitrogens is 1. The summed E-state index contributed by atoms with van der Waals surface area (Å²) in [7, 11) is 0. The molecule has 0 bridgehead atoms. The third kappa shape index (κ3) is 3.29. The van der Waals surface area contributed by atoms with E-state index in [2.05, 4.69) is 22.0 Å². The molecule has 0 saturated carbocycles. The van der Waals surface area contributed by atoms with Crippen LogP contribution in [-0.4, -0.2) is 34.7 Å². The number of rotatable bonds is 4. The van der Waals surface area contributed by atoms with Crippen molar-refractivity contribution in [1.29, 1.82) is 0 Å². The Hall–Kier alpha value is -0.930. The topological polar surface area (TPSA) is 36.4 Å². The molecule has 2 rings (SSSR count). The molecule has 3 nitrogen and oxygen atoms in total. The predicted octanol–water partition coefficient (Wildman–Crippen LogP) is 1.68. The van der Waals surface area contributed by atoms with Gasteiger partial charge in [0.25, 0.3) is 0 Å². The summed E-state index contributed by atoms with van der Waals surface area (Å²) in [6, 6.07) is 4.16. The molecule has 1 aromatic heterocycles. The van der Waals surface area contributed by atoms with E-state index in [9.17, 15) is 0 Å². The van der Waals surface area contributed by atoms with Gasteiger partial charge in [0.1, 0.15) is 0 Å². The van der Waals surface area contributed by atoms with Crippen molar-refractivity contribution >= 4 is 0 Å². The number of pyridine rings is 1. The first-order valence-electron chi connectivity index (χ1n) is 6.10. The molecule has 0 aliphatic carbocycles. The largest absolute Gasteiger partial charge is 0.396 e. The lowest BCUT2D eigenvalue weighted by Gasteiger charge is -2.32. The third-order valence-corrected chi connectivity index (χ3v) is 3.30. The van der Waals surface area contributed by atoms with Gasteiger partial charge in [0.05, 0.1) is 0 Å². The Labute approximate surface area is 97.1 Å². The molecule has 1 atom stereocenters. The van der Waals surface area contributed by atoms with E-state index in [4.69, 9.17) is 5.11 Å². The van der Waals surface area contributed by atoms with Crippen molar-refractivity contribution in [2.75, 3.05) is 19.7 Å². The molecule has 88 valence electrons. The Bertz CT molecular complexity index is 300. The molecule has 1 aliphatic heterocycles. The first-order chi connectivity index (χ1) is 7.88. The smallest absolute Gasteiger partial charge is 0.0434 e. The maximum atomic E-state index is 8.97. The average molecular weight is 220 g/mol.